The van der Waals surface area contributed by atoms with Crippen LogP contribution in [0, 0.1) is 13.8 Å². The van der Waals surface area contributed by atoms with Crippen molar-refractivity contribution in [2.45, 2.75) is 46.7 Å². The minimum absolute atomic E-state index is 0.0997. The van der Waals surface area contributed by atoms with Crippen molar-refractivity contribution in [1.82, 2.24) is 9.88 Å². The molecule has 0 bridgehead atoms. The van der Waals surface area contributed by atoms with Crippen LogP contribution in [0.5, 0.6) is 5.75 Å². The summed E-state index contributed by atoms with van der Waals surface area (Å²) < 4.78 is 6.50. The molecule has 3 N–H and O–H groups in total. The first-order chi connectivity index (χ1) is 16.7. The molecule has 0 radical (unpaired) electrons. The lowest BCUT2D eigenvalue weighted by atomic mass is 9.95. The van der Waals surface area contributed by atoms with Gasteiger partial charge in [0.1, 0.15) is 5.75 Å². The number of ether oxygens (including phenoxy) is 1. The van der Waals surface area contributed by atoms with E-state index in [9.17, 15) is 19.5 Å². The molecule has 8 heteroatoms. The molecule has 35 heavy (non-hydrogen) atoms. The van der Waals surface area contributed by atoms with Crippen LogP contribution in [0.25, 0.3) is 11.1 Å². The Labute approximate surface area is 204 Å². The second kappa shape index (κ2) is 11.4. The number of amides is 2. The topological polar surface area (TPSA) is 110 Å². The summed E-state index contributed by atoms with van der Waals surface area (Å²) in [5.74, 6) is -0.760. The summed E-state index contributed by atoms with van der Waals surface area (Å²) >= 11 is 0. The molecule has 3 rings (SSSR count). The van der Waals surface area contributed by atoms with Gasteiger partial charge in [0.05, 0.1) is 19.1 Å². The number of aromatic hydroxyl groups is 1. The van der Waals surface area contributed by atoms with Gasteiger partial charge in [-0.25, -0.2) is 4.79 Å². The summed E-state index contributed by atoms with van der Waals surface area (Å²) in [5.41, 5.74) is 3.50. The van der Waals surface area contributed by atoms with Crippen molar-refractivity contribution >= 4 is 17.7 Å². The average molecular weight is 478 g/mol. The highest BCUT2D eigenvalue weighted by atomic mass is 16.5. The Balaban J connectivity index is 1.92. The van der Waals surface area contributed by atoms with Gasteiger partial charge in [0.15, 0.2) is 5.69 Å². The van der Waals surface area contributed by atoms with Crippen molar-refractivity contribution < 1.29 is 19.4 Å². The van der Waals surface area contributed by atoms with Gasteiger partial charge in [0.25, 0.3) is 5.56 Å². The number of carbonyl (C=O) groups excluding carboxylic acids is 2. The van der Waals surface area contributed by atoms with Crippen LogP contribution in [0.2, 0.25) is 0 Å². The summed E-state index contributed by atoms with van der Waals surface area (Å²) in [7, 11) is 0. The maximum Gasteiger partial charge on any atom is 0.319 e. The lowest BCUT2D eigenvalue weighted by Crippen LogP contribution is -2.36. The van der Waals surface area contributed by atoms with Crippen LogP contribution in [0.4, 0.5) is 10.5 Å². The van der Waals surface area contributed by atoms with Gasteiger partial charge in [-0.15, -0.1) is 0 Å². The van der Waals surface area contributed by atoms with E-state index in [0.717, 1.165) is 16.7 Å². The maximum atomic E-state index is 12.9. The zero-order chi connectivity index (χ0) is 25.5. The number of esters is 1. The predicted octanol–water partition coefficient (Wildman–Crippen LogP) is 4.67. The molecule has 1 atom stereocenters. The van der Waals surface area contributed by atoms with E-state index >= 15 is 0 Å². The monoisotopic (exact) mass is 477 g/mol. The summed E-state index contributed by atoms with van der Waals surface area (Å²) in [6.45, 7) is 7.76. The van der Waals surface area contributed by atoms with Gasteiger partial charge in [-0.1, -0.05) is 42.5 Å². The summed E-state index contributed by atoms with van der Waals surface area (Å²) in [4.78, 5) is 37.9. The second-order valence-corrected chi connectivity index (χ2v) is 8.23. The molecule has 0 aliphatic heterocycles. The highest BCUT2D eigenvalue weighted by Crippen LogP contribution is 2.28. The number of rotatable bonds is 8. The Kier molecular flexibility index (Phi) is 8.30. The SMILES string of the molecule is CCOC(=O)C[C@H](NC(=O)Nc1c(O)c(C)cn(CC)c1=O)c1cccc(-c2ccccc2C)c1. The van der Waals surface area contributed by atoms with Crippen molar-refractivity contribution in [1.29, 1.82) is 0 Å². The number of aromatic nitrogens is 1. The van der Waals surface area contributed by atoms with E-state index in [1.54, 1.807) is 20.8 Å². The van der Waals surface area contributed by atoms with Crippen molar-refractivity contribution in [2.24, 2.45) is 0 Å². The number of carbonyl (C=O) groups is 2. The first-order valence-corrected chi connectivity index (χ1v) is 11.6. The summed E-state index contributed by atoms with van der Waals surface area (Å²) in [5, 5.41) is 15.6. The second-order valence-electron chi connectivity index (χ2n) is 8.23. The van der Waals surface area contributed by atoms with E-state index in [4.69, 9.17) is 4.74 Å². The third-order valence-electron chi connectivity index (χ3n) is 5.74. The van der Waals surface area contributed by atoms with Crippen LogP contribution in [-0.2, 0) is 16.1 Å². The molecule has 8 nitrogen and oxygen atoms in total. The molecule has 3 aromatic rings. The van der Waals surface area contributed by atoms with Crippen LogP contribution in [-0.4, -0.2) is 28.3 Å². The zero-order valence-electron chi connectivity index (χ0n) is 20.4. The van der Waals surface area contributed by atoms with Gasteiger partial charge >= 0.3 is 12.0 Å². The average Bonchev–Trinajstić information content (AvgIpc) is 2.84. The third-order valence-corrected chi connectivity index (χ3v) is 5.74. The molecule has 2 aromatic carbocycles. The first-order valence-electron chi connectivity index (χ1n) is 11.6. The molecule has 0 saturated heterocycles. The highest BCUT2D eigenvalue weighted by Gasteiger charge is 2.22. The molecule has 0 aliphatic carbocycles. The third kappa shape index (κ3) is 6.09. The number of nitrogens with zero attached hydrogens (tertiary/aromatic N) is 1. The predicted molar refractivity (Wildman–Crippen MR) is 136 cm³/mol. The van der Waals surface area contributed by atoms with Crippen molar-refractivity contribution in [3.63, 3.8) is 0 Å². The lowest BCUT2D eigenvalue weighted by molar-refractivity contribution is -0.143. The molecule has 184 valence electrons. The molecular weight excluding hydrogens is 446 g/mol. The minimum Gasteiger partial charge on any atom is -0.505 e. The Morgan fingerprint density at radius 3 is 2.49 bits per heavy atom. The van der Waals surface area contributed by atoms with E-state index in [-0.39, 0.29) is 24.5 Å². The van der Waals surface area contributed by atoms with Crippen LogP contribution < -0.4 is 16.2 Å². The van der Waals surface area contributed by atoms with Crippen LogP contribution in [0.3, 0.4) is 0 Å². The van der Waals surface area contributed by atoms with Crippen molar-refractivity contribution in [3.8, 4) is 16.9 Å². The van der Waals surface area contributed by atoms with Crippen molar-refractivity contribution in [3.05, 3.63) is 81.8 Å². The minimum atomic E-state index is -0.724. The number of pyridine rings is 1. The van der Waals surface area contributed by atoms with Gasteiger partial charge in [-0.3, -0.25) is 9.59 Å². The van der Waals surface area contributed by atoms with E-state index in [0.29, 0.717) is 17.7 Å². The van der Waals surface area contributed by atoms with E-state index in [1.165, 1.54) is 10.8 Å². The maximum absolute atomic E-state index is 12.9. The molecular formula is C27H31N3O5. The van der Waals surface area contributed by atoms with Crippen LogP contribution in [0.1, 0.15) is 43.0 Å². The molecule has 1 heterocycles. The van der Waals surface area contributed by atoms with E-state index in [2.05, 4.69) is 10.6 Å². The Morgan fingerprint density at radius 1 is 1.06 bits per heavy atom. The fraction of sp³-hybridized carbons (Fsp3) is 0.296. The van der Waals surface area contributed by atoms with Crippen molar-refractivity contribution in [2.75, 3.05) is 11.9 Å². The van der Waals surface area contributed by atoms with E-state index < -0.39 is 23.6 Å². The molecule has 0 aliphatic rings. The first kappa shape index (κ1) is 25.6. The molecule has 0 saturated carbocycles. The van der Waals surface area contributed by atoms with Gasteiger partial charge in [-0.2, -0.15) is 0 Å². The van der Waals surface area contributed by atoms with Gasteiger partial charge in [0, 0.05) is 18.3 Å². The smallest absolute Gasteiger partial charge is 0.319 e. The van der Waals surface area contributed by atoms with Gasteiger partial charge in [0.2, 0.25) is 0 Å². The number of benzene rings is 2. The van der Waals surface area contributed by atoms with Crippen LogP contribution >= 0.6 is 0 Å². The molecule has 2 amide bonds. The lowest BCUT2D eigenvalue weighted by Gasteiger charge is -2.20. The summed E-state index contributed by atoms with van der Waals surface area (Å²) in [6.07, 6.45) is 1.43. The largest absolute Gasteiger partial charge is 0.505 e. The Morgan fingerprint density at radius 2 is 1.80 bits per heavy atom. The molecule has 0 fully saturated rings. The zero-order valence-corrected chi connectivity index (χ0v) is 20.4. The Hall–Kier alpha value is -4.07. The number of nitrogens with one attached hydrogen (secondary N) is 2. The molecule has 0 unspecified atom stereocenters. The normalized spacial score (nSPS) is 11.5. The van der Waals surface area contributed by atoms with E-state index in [1.807, 2.05) is 55.5 Å². The molecule has 1 aromatic heterocycles. The number of urea groups is 1. The standard InChI is InChI=1S/C27H31N3O5/c1-5-30-16-18(4)25(32)24(26(30)33)29-27(34)28-22(15-23(31)35-6-2)20-12-9-11-19(14-20)21-13-8-7-10-17(21)3/h7-14,16,22,32H,5-6,15H2,1-4H3,(H2,28,29,34)/t22-/m0/s1. The van der Waals surface area contributed by atoms with Gasteiger partial charge < -0.3 is 25.0 Å². The number of anilines is 1. The molecule has 0 spiro atoms. The summed E-state index contributed by atoms with van der Waals surface area (Å²) in [6, 6.07) is 14.1. The number of hydrogen-bond acceptors (Lipinski definition) is 5. The van der Waals surface area contributed by atoms with Gasteiger partial charge in [-0.05, 0) is 56.0 Å². The highest BCUT2D eigenvalue weighted by molar-refractivity contribution is 5.91. The van der Waals surface area contributed by atoms with Crippen LogP contribution in [0.15, 0.2) is 59.5 Å². The fourth-order valence-corrected chi connectivity index (χ4v) is 3.91. The quantitative estimate of drug-likeness (QED) is 0.408. The number of aryl methyl sites for hydroxylation is 3. The number of hydrogen-bond donors (Lipinski definition) is 3. The fourth-order valence-electron chi connectivity index (χ4n) is 3.91. The Bertz CT molecular complexity index is 1280.